The highest BCUT2D eigenvalue weighted by atomic mass is 16.3. The van der Waals surface area contributed by atoms with Crippen LogP contribution in [0.15, 0.2) is 30.3 Å². The van der Waals surface area contributed by atoms with Crippen molar-refractivity contribution in [2.75, 3.05) is 6.54 Å². The Kier molecular flexibility index (Phi) is 2.57. The van der Waals surface area contributed by atoms with Gasteiger partial charge in [0.1, 0.15) is 0 Å². The minimum atomic E-state index is -0.269. The number of nitrogens with two attached hydrogens (primary N) is 1. The average molecular weight is 191 g/mol. The van der Waals surface area contributed by atoms with Crippen molar-refractivity contribution in [3.05, 3.63) is 35.9 Å². The molecule has 0 bridgehead atoms. The lowest BCUT2D eigenvalue weighted by Crippen LogP contribution is -2.28. The Morgan fingerprint density at radius 2 is 1.93 bits per heavy atom. The van der Waals surface area contributed by atoms with Crippen LogP contribution in [0.4, 0.5) is 0 Å². The van der Waals surface area contributed by atoms with Gasteiger partial charge in [-0.3, -0.25) is 0 Å². The van der Waals surface area contributed by atoms with E-state index in [0.29, 0.717) is 13.0 Å². The van der Waals surface area contributed by atoms with Gasteiger partial charge in [-0.15, -0.1) is 0 Å². The van der Waals surface area contributed by atoms with E-state index in [1.807, 2.05) is 18.2 Å². The number of rotatable bonds is 4. The predicted octanol–water partition coefficient (Wildman–Crippen LogP) is 1.43. The molecule has 2 heteroatoms. The molecule has 1 aromatic carbocycles. The monoisotopic (exact) mass is 191 g/mol. The molecule has 1 aliphatic carbocycles. The zero-order chi connectivity index (χ0) is 10.0. The van der Waals surface area contributed by atoms with Crippen LogP contribution in [0.5, 0.6) is 0 Å². The number of benzene rings is 1. The Labute approximate surface area is 84.7 Å². The smallest absolute Gasteiger partial charge is 0.0648 e. The lowest BCUT2D eigenvalue weighted by Gasteiger charge is -2.22. The first-order valence-electron chi connectivity index (χ1n) is 5.23. The molecule has 0 heterocycles. The first kappa shape index (κ1) is 9.69. The quantitative estimate of drug-likeness (QED) is 0.756. The maximum Gasteiger partial charge on any atom is 0.0648 e. The average Bonchev–Trinajstić information content (AvgIpc) is 3.00. The highest BCUT2D eigenvalue weighted by Crippen LogP contribution is 2.51. The van der Waals surface area contributed by atoms with Gasteiger partial charge in [0.15, 0.2) is 0 Å². The standard InChI is InChI=1S/C12H17NO/c13-9-6-11(14)12(7-8-12)10-4-2-1-3-5-10/h1-5,11,14H,6-9,13H2/t11-/m1/s1. The van der Waals surface area contributed by atoms with Crippen LogP contribution < -0.4 is 5.73 Å². The van der Waals surface area contributed by atoms with Crippen molar-refractivity contribution in [1.82, 2.24) is 0 Å². The van der Waals surface area contributed by atoms with E-state index in [-0.39, 0.29) is 11.5 Å². The van der Waals surface area contributed by atoms with Gasteiger partial charge in [-0.05, 0) is 31.4 Å². The van der Waals surface area contributed by atoms with E-state index in [0.717, 1.165) is 12.8 Å². The largest absolute Gasteiger partial charge is 0.392 e. The third kappa shape index (κ3) is 1.56. The van der Waals surface area contributed by atoms with Gasteiger partial charge in [0.05, 0.1) is 6.10 Å². The Balaban J connectivity index is 2.17. The fourth-order valence-electron chi connectivity index (χ4n) is 2.15. The predicted molar refractivity (Wildman–Crippen MR) is 57.0 cm³/mol. The SMILES string of the molecule is NCC[C@@H](O)C1(c2ccccc2)CC1. The maximum absolute atomic E-state index is 10.0. The molecule has 0 saturated heterocycles. The van der Waals surface area contributed by atoms with Crippen molar-refractivity contribution < 1.29 is 5.11 Å². The molecule has 2 nitrogen and oxygen atoms in total. The fourth-order valence-corrected chi connectivity index (χ4v) is 2.15. The summed E-state index contributed by atoms with van der Waals surface area (Å²) in [6.45, 7) is 0.565. The normalized spacial score (nSPS) is 20.4. The van der Waals surface area contributed by atoms with Gasteiger partial charge in [0.2, 0.25) is 0 Å². The molecule has 0 unspecified atom stereocenters. The molecule has 3 N–H and O–H groups in total. The van der Waals surface area contributed by atoms with Crippen molar-refractivity contribution >= 4 is 0 Å². The molecular formula is C12H17NO. The van der Waals surface area contributed by atoms with E-state index in [9.17, 15) is 5.11 Å². The van der Waals surface area contributed by atoms with Crippen molar-refractivity contribution in [1.29, 1.82) is 0 Å². The van der Waals surface area contributed by atoms with Gasteiger partial charge < -0.3 is 10.8 Å². The fraction of sp³-hybridized carbons (Fsp3) is 0.500. The summed E-state index contributed by atoms with van der Waals surface area (Å²) in [6, 6.07) is 10.3. The molecule has 2 rings (SSSR count). The van der Waals surface area contributed by atoms with E-state index in [1.54, 1.807) is 0 Å². The minimum Gasteiger partial charge on any atom is -0.392 e. The summed E-state index contributed by atoms with van der Waals surface area (Å²) in [5.41, 5.74) is 6.77. The lowest BCUT2D eigenvalue weighted by atomic mass is 9.88. The second-order valence-corrected chi connectivity index (χ2v) is 4.12. The number of aliphatic hydroxyl groups is 1. The van der Waals surface area contributed by atoms with Crippen LogP contribution in [0, 0.1) is 0 Å². The maximum atomic E-state index is 10.0. The third-order valence-corrected chi connectivity index (χ3v) is 3.22. The molecule has 1 atom stereocenters. The molecule has 0 spiro atoms. The van der Waals surface area contributed by atoms with Crippen LogP contribution in [-0.4, -0.2) is 17.8 Å². The van der Waals surface area contributed by atoms with E-state index in [1.165, 1.54) is 5.56 Å². The summed E-state index contributed by atoms with van der Waals surface area (Å²) in [5.74, 6) is 0. The molecule has 0 amide bonds. The van der Waals surface area contributed by atoms with Gasteiger partial charge in [-0.25, -0.2) is 0 Å². The van der Waals surface area contributed by atoms with Gasteiger partial charge in [-0.1, -0.05) is 30.3 Å². The second-order valence-electron chi connectivity index (χ2n) is 4.12. The first-order chi connectivity index (χ1) is 6.79. The molecule has 0 aliphatic heterocycles. The summed E-state index contributed by atoms with van der Waals surface area (Å²) in [4.78, 5) is 0. The summed E-state index contributed by atoms with van der Waals surface area (Å²) in [5, 5.41) is 10.0. The van der Waals surface area contributed by atoms with E-state index >= 15 is 0 Å². The topological polar surface area (TPSA) is 46.2 Å². The zero-order valence-electron chi connectivity index (χ0n) is 8.32. The highest BCUT2D eigenvalue weighted by molar-refractivity contribution is 5.32. The number of hydrogen-bond donors (Lipinski definition) is 2. The molecule has 1 fully saturated rings. The molecule has 0 radical (unpaired) electrons. The molecule has 1 aliphatic rings. The number of aliphatic hydroxyl groups excluding tert-OH is 1. The van der Waals surface area contributed by atoms with E-state index in [4.69, 9.17) is 5.73 Å². The first-order valence-corrected chi connectivity index (χ1v) is 5.23. The number of hydrogen-bond acceptors (Lipinski definition) is 2. The van der Waals surface area contributed by atoms with Crippen molar-refractivity contribution in [3.63, 3.8) is 0 Å². The Bertz CT molecular complexity index is 292. The minimum absolute atomic E-state index is 0.0284. The Hall–Kier alpha value is -0.860. The van der Waals surface area contributed by atoms with Crippen LogP contribution in [0.3, 0.4) is 0 Å². The summed E-state index contributed by atoms with van der Waals surface area (Å²) in [7, 11) is 0. The Morgan fingerprint density at radius 3 is 2.43 bits per heavy atom. The highest BCUT2D eigenvalue weighted by Gasteiger charge is 2.49. The van der Waals surface area contributed by atoms with Crippen LogP contribution in [-0.2, 0) is 5.41 Å². The molecule has 1 saturated carbocycles. The van der Waals surface area contributed by atoms with Gasteiger partial charge in [0, 0.05) is 5.41 Å². The second kappa shape index (κ2) is 3.71. The Morgan fingerprint density at radius 1 is 1.29 bits per heavy atom. The van der Waals surface area contributed by atoms with Gasteiger partial charge in [0.25, 0.3) is 0 Å². The van der Waals surface area contributed by atoms with Crippen LogP contribution >= 0.6 is 0 Å². The molecule has 76 valence electrons. The molecule has 1 aromatic rings. The van der Waals surface area contributed by atoms with Crippen LogP contribution in [0.2, 0.25) is 0 Å². The lowest BCUT2D eigenvalue weighted by molar-refractivity contribution is 0.124. The van der Waals surface area contributed by atoms with Crippen molar-refractivity contribution in [2.24, 2.45) is 5.73 Å². The summed E-state index contributed by atoms with van der Waals surface area (Å²) < 4.78 is 0. The van der Waals surface area contributed by atoms with Crippen LogP contribution in [0.1, 0.15) is 24.8 Å². The summed E-state index contributed by atoms with van der Waals surface area (Å²) in [6.07, 6.45) is 2.63. The molecular weight excluding hydrogens is 174 g/mol. The van der Waals surface area contributed by atoms with Gasteiger partial charge in [-0.2, -0.15) is 0 Å². The van der Waals surface area contributed by atoms with Crippen molar-refractivity contribution in [2.45, 2.75) is 30.8 Å². The van der Waals surface area contributed by atoms with Gasteiger partial charge >= 0.3 is 0 Å². The molecule has 0 aromatic heterocycles. The molecule has 14 heavy (non-hydrogen) atoms. The van der Waals surface area contributed by atoms with E-state index in [2.05, 4.69) is 12.1 Å². The van der Waals surface area contributed by atoms with E-state index < -0.39 is 0 Å². The zero-order valence-corrected chi connectivity index (χ0v) is 8.32. The summed E-state index contributed by atoms with van der Waals surface area (Å²) >= 11 is 0. The van der Waals surface area contributed by atoms with Crippen molar-refractivity contribution in [3.8, 4) is 0 Å². The third-order valence-electron chi connectivity index (χ3n) is 3.22. The van der Waals surface area contributed by atoms with Crippen LogP contribution in [0.25, 0.3) is 0 Å².